The summed E-state index contributed by atoms with van der Waals surface area (Å²) in [5.74, 6) is -1.18. The fraction of sp³-hybridized carbons (Fsp3) is 0.133. The lowest BCUT2D eigenvalue weighted by molar-refractivity contribution is -0.123. The van der Waals surface area contributed by atoms with Gasteiger partial charge < -0.3 is 14.5 Å². The SMILES string of the molecule is C[C@H](OC(=O)c1ccco1)C(=O)Nc1cccc(C#N)c1. The molecule has 0 fully saturated rings. The van der Waals surface area contributed by atoms with Crippen LogP contribution in [0.4, 0.5) is 5.69 Å². The Morgan fingerprint density at radius 1 is 1.33 bits per heavy atom. The molecule has 0 spiro atoms. The average molecular weight is 284 g/mol. The molecular weight excluding hydrogens is 272 g/mol. The Balaban J connectivity index is 1.96. The van der Waals surface area contributed by atoms with Gasteiger partial charge in [-0.3, -0.25) is 4.79 Å². The van der Waals surface area contributed by atoms with Crippen LogP contribution in [0, 0.1) is 11.3 Å². The fourth-order valence-corrected chi connectivity index (χ4v) is 1.58. The van der Waals surface area contributed by atoms with E-state index in [1.807, 2.05) is 6.07 Å². The maximum Gasteiger partial charge on any atom is 0.374 e. The molecule has 1 aromatic carbocycles. The lowest BCUT2D eigenvalue weighted by Crippen LogP contribution is -2.29. The molecule has 6 nitrogen and oxygen atoms in total. The first-order valence-electron chi connectivity index (χ1n) is 6.15. The summed E-state index contributed by atoms with van der Waals surface area (Å²) >= 11 is 0. The zero-order valence-electron chi connectivity index (χ0n) is 11.2. The summed E-state index contributed by atoms with van der Waals surface area (Å²) in [5, 5.41) is 11.4. The highest BCUT2D eigenvalue weighted by atomic mass is 16.6. The molecule has 0 aliphatic heterocycles. The van der Waals surface area contributed by atoms with Gasteiger partial charge in [0.05, 0.1) is 17.9 Å². The minimum absolute atomic E-state index is 0.0288. The number of esters is 1. The molecule has 1 aromatic heterocycles. The van der Waals surface area contributed by atoms with Crippen molar-refractivity contribution >= 4 is 17.6 Å². The van der Waals surface area contributed by atoms with Crippen molar-refractivity contribution in [3.8, 4) is 6.07 Å². The Bertz CT molecular complexity index is 686. The number of nitrogens with one attached hydrogen (secondary N) is 1. The van der Waals surface area contributed by atoms with Crippen molar-refractivity contribution in [3.05, 3.63) is 54.0 Å². The van der Waals surface area contributed by atoms with E-state index in [2.05, 4.69) is 5.32 Å². The second-order valence-electron chi connectivity index (χ2n) is 4.21. The van der Waals surface area contributed by atoms with E-state index >= 15 is 0 Å². The smallest absolute Gasteiger partial charge is 0.374 e. The molecule has 2 rings (SSSR count). The van der Waals surface area contributed by atoms with Crippen molar-refractivity contribution in [2.75, 3.05) is 5.32 Å². The Labute approximate surface area is 120 Å². The van der Waals surface area contributed by atoms with Gasteiger partial charge in [-0.15, -0.1) is 0 Å². The van der Waals surface area contributed by atoms with Gasteiger partial charge in [-0.1, -0.05) is 6.07 Å². The van der Waals surface area contributed by atoms with E-state index < -0.39 is 18.0 Å². The molecule has 0 bridgehead atoms. The van der Waals surface area contributed by atoms with Crippen molar-refractivity contribution in [2.24, 2.45) is 0 Å². The highest BCUT2D eigenvalue weighted by Gasteiger charge is 2.20. The van der Waals surface area contributed by atoms with Crippen LogP contribution in [0.25, 0.3) is 0 Å². The Hall–Kier alpha value is -3.07. The minimum Gasteiger partial charge on any atom is -0.457 e. The Morgan fingerprint density at radius 3 is 2.81 bits per heavy atom. The van der Waals surface area contributed by atoms with Crippen LogP contribution in [0.2, 0.25) is 0 Å². The number of nitrogens with zero attached hydrogens (tertiary/aromatic N) is 1. The standard InChI is InChI=1S/C15H12N2O4/c1-10(21-15(19)13-6-3-7-20-13)14(18)17-12-5-2-4-11(8-12)9-16/h2-8,10H,1H3,(H,17,18)/t10-/m0/s1. The third-order valence-electron chi connectivity index (χ3n) is 2.63. The zero-order valence-corrected chi connectivity index (χ0v) is 11.2. The molecule has 0 saturated carbocycles. The summed E-state index contributed by atoms with van der Waals surface area (Å²) in [6.07, 6.45) is 0.350. The number of amides is 1. The number of carbonyl (C=O) groups is 2. The van der Waals surface area contributed by atoms with Crippen molar-refractivity contribution in [1.82, 2.24) is 0 Å². The molecule has 0 saturated heterocycles. The molecule has 1 amide bonds. The van der Waals surface area contributed by atoms with Gasteiger partial charge in [-0.2, -0.15) is 5.26 Å². The molecule has 21 heavy (non-hydrogen) atoms. The van der Waals surface area contributed by atoms with Crippen LogP contribution in [0.3, 0.4) is 0 Å². The predicted octanol–water partition coefficient (Wildman–Crippen LogP) is 2.34. The van der Waals surface area contributed by atoms with Crippen LogP contribution in [0.1, 0.15) is 23.0 Å². The van der Waals surface area contributed by atoms with Crippen molar-refractivity contribution < 1.29 is 18.7 Å². The van der Waals surface area contributed by atoms with Gasteiger partial charge in [0.15, 0.2) is 6.10 Å². The summed E-state index contributed by atoms with van der Waals surface area (Å²) in [7, 11) is 0. The second kappa shape index (κ2) is 6.39. The Morgan fingerprint density at radius 2 is 2.14 bits per heavy atom. The molecular formula is C15H12N2O4. The molecule has 1 atom stereocenters. The van der Waals surface area contributed by atoms with Crippen LogP contribution in [0.5, 0.6) is 0 Å². The molecule has 1 heterocycles. The summed E-state index contributed by atoms with van der Waals surface area (Å²) in [4.78, 5) is 23.5. The van der Waals surface area contributed by atoms with Crippen LogP contribution < -0.4 is 5.32 Å². The largest absolute Gasteiger partial charge is 0.457 e. The van der Waals surface area contributed by atoms with Crippen LogP contribution in [-0.4, -0.2) is 18.0 Å². The topological polar surface area (TPSA) is 92.3 Å². The predicted molar refractivity (Wildman–Crippen MR) is 73.4 cm³/mol. The number of furan rings is 1. The van der Waals surface area contributed by atoms with Crippen LogP contribution >= 0.6 is 0 Å². The highest BCUT2D eigenvalue weighted by Crippen LogP contribution is 2.11. The molecule has 106 valence electrons. The normalized spacial score (nSPS) is 11.2. The molecule has 6 heteroatoms. The van der Waals surface area contributed by atoms with Gasteiger partial charge in [0, 0.05) is 5.69 Å². The monoisotopic (exact) mass is 284 g/mol. The zero-order chi connectivity index (χ0) is 15.2. The third-order valence-corrected chi connectivity index (χ3v) is 2.63. The van der Waals surface area contributed by atoms with E-state index in [9.17, 15) is 9.59 Å². The summed E-state index contributed by atoms with van der Waals surface area (Å²) in [6, 6.07) is 11.4. The third kappa shape index (κ3) is 3.70. The van der Waals surface area contributed by atoms with Crippen molar-refractivity contribution in [2.45, 2.75) is 13.0 Å². The number of nitriles is 1. The van der Waals surface area contributed by atoms with Gasteiger partial charge >= 0.3 is 5.97 Å². The van der Waals surface area contributed by atoms with Crippen LogP contribution in [0.15, 0.2) is 47.1 Å². The number of anilines is 1. The van der Waals surface area contributed by atoms with E-state index in [-0.39, 0.29) is 5.76 Å². The molecule has 0 aliphatic carbocycles. The molecule has 1 N–H and O–H groups in total. The first kappa shape index (κ1) is 14.3. The quantitative estimate of drug-likeness (QED) is 0.870. The second-order valence-corrected chi connectivity index (χ2v) is 4.21. The summed E-state index contributed by atoms with van der Waals surface area (Å²) < 4.78 is 9.86. The van der Waals surface area contributed by atoms with E-state index in [0.717, 1.165) is 0 Å². The van der Waals surface area contributed by atoms with Gasteiger partial charge in [0.2, 0.25) is 5.76 Å². The molecule has 0 aliphatic rings. The van der Waals surface area contributed by atoms with Gasteiger partial charge in [0.1, 0.15) is 0 Å². The van der Waals surface area contributed by atoms with Crippen molar-refractivity contribution in [1.29, 1.82) is 5.26 Å². The molecule has 0 radical (unpaired) electrons. The lowest BCUT2D eigenvalue weighted by Gasteiger charge is -2.12. The lowest BCUT2D eigenvalue weighted by atomic mass is 10.2. The first-order valence-corrected chi connectivity index (χ1v) is 6.15. The van der Waals surface area contributed by atoms with E-state index in [0.29, 0.717) is 11.3 Å². The van der Waals surface area contributed by atoms with E-state index in [1.54, 1.807) is 24.3 Å². The maximum atomic E-state index is 11.9. The van der Waals surface area contributed by atoms with Gasteiger partial charge in [-0.25, -0.2) is 4.79 Å². The molecule has 2 aromatic rings. The van der Waals surface area contributed by atoms with Crippen LogP contribution in [-0.2, 0) is 9.53 Å². The number of rotatable bonds is 4. The minimum atomic E-state index is -0.992. The number of ether oxygens (including phenoxy) is 1. The van der Waals surface area contributed by atoms with E-state index in [4.69, 9.17) is 14.4 Å². The highest BCUT2D eigenvalue weighted by molar-refractivity contribution is 5.96. The first-order chi connectivity index (χ1) is 10.1. The van der Waals surface area contributed by atoms with E-state index in [1.165, 1.54) is 25.3 Å². The average Bonchev–Trinajstić information content (AvgIpc) is 3.01. The van der Waals surface area contributed by atoms with Gasteiger partial charge in [-0.05, 0) is 37.3 Å². The molecule has 0 unspecified atom stereocenters. The van der Waals surface area contributed by atoms with Gasteiger partial charge in [0.25, 0.3) is 5.91 Å². The number of benzene rings is 1. The number of hydrogen-bond donors (Lipinski definition) is 1. The number of hydrogen-bond acceptors (Lipinski definition) is 5. The summed E-state index contributed by atoms with van der Waals surface area (Å²) in [5.41, 5.74) is 0.882. The maximum absolute atomic E-state index is 11.9. The fourth-order valence-electron chi connectivity index (χ4n) is 1.58. The Kier molecular flexibility index (Phi) is 4.36. The number of carbonyl (C=O) groups excluding carboxylic acids is 2. The van der Waals surface area contributed by atoms with Crippen molar-refractivity contribution in [3.63, 3.8) is 0 Å². The summed E-state index contributed by atoms with van der Waals surface area (Å²) in [6.45, 7) is 1.45.